The van der Waals surface area contributed by atoms with Crippen molar-refractivity contribution in [3.05, 3.63) is 16.8 Å². The molecule has 31 heavy (non-hydrogen) atoms. The summed E-state index contributed by atoms with van der Waals surface area (Å²) in [6.07, 6.45) is 3.76. The summed E-state index contributed by atoms with van der Waals surface area (Å²) < 4.78 is 38.6. The van der Waals surface area contributed by atoms with Gasteiger partial charge in [0.05, 0.1) is 15.9 Å². The van der Waals surface area contributed by atoms with E-state index in [0.717, 1.165) is 19.4 Å². The molecule has 4 heterocycles. The monoisotopic (exact) mass is 468 g/mol. The number of rotatable bonds is 7. The Morgan fingerprint density at radius 1 is 1.32 bits per heavy atom. The summed E-state index contributed by atoms with van der Waals surface area (Å²) in [6.45, 7) is 5.64. The van der Waals surface area contributed by atoms with E-state index < -0.39 is 10.0 Å². The van der Waals surface area contributed by atoms with Gasteiger partial charge in [-0.2, -0.15) is 9.29 Å². The lowest BCUT2D eigenvalue weighted by atomic mass is 9.97. The van der Waals surface area contributed by atoms with Crippen molar-refractivity contribution in [1.29, 1.82) is 0 Å². The number of aromatic nitrogens is 2. The Kier molecular flexibility index (Phi) is 6.75. The summed E-state index contributed by atoms with van der Waals surface area (Å²) in [6, 6.07) is 1.63. The first-order chi connectivity index (χ1) is 14.9. The third-order valence-electron chi connectivity index (χ3n) is 5.83. The van der Waals surface area contributed by atoms with E-state index in [4.69, 9.17) is 9.26 Å². The maximum atomic E-state index is 13.2. The Morgan fingerprint density at radius 2 is 2.10 bits per heavy atom. The largest absolute Gasteiger partial charge is 0.376 e. The van der Waals surface area contributed by atoms with Gasteiger partial charge in [0.1, 0.15) is 0 Å². The van der Waals surface area contributed by atoms with Crippen molar-refractivity contribution < 1.29 is 22.5 Å². The van der Waals surface area contributed by atoms with Crippen LogP contribution in [-0.4, -0.2) is 61.1 Å². The fraction of sp³-hybridized carbons (Fsp3) is 0.650. The van der Waals surface area contributed by atoms with Crippen molar-refractivity contribution in [3.63, 3.8) is 0 Å². The number of aryl methyl sites for hydroxylation is 2. The van der Waals surface area contributed by atoms with Gasteiger partial charge in [0.15, 0.2) is 0 Å². The van der Waals surface area contributed by atoms with Crippen LogP contribution < -0.4 is 5.32 Å². The zero-order valence-electron chi connectivity index (χ0n) is 17.8. The number of piperidine rings is 1. The van der Waals surface area contributed by atoms with Crippen LogP contribution in [0.5, 0.6) is 0 Å². The first-order valence-corrected chi connectivity index (χ1v) is 13.0. The van der Waals surface area contributed by atoms with E-state index in [1.807, 2.05) is 6.92 Å². The van der Waals surface area contributed by atoms with Gasteiger partial charge in [0.2, 0.25) is 27.6 Å². The average Bonchev–Trinajstić information content (AvgIpc) is 3.52. The molecule has 2 saturated heterocycles. The maximum Gasteiger partial charge on any atom is 0.244 e. The van der Waals surface area contributed by atoms with Crippen molar-refractivity contribution in [3.8, 4) is 10.7 Å². The Balaban J connectivity index is 1.38. The van der Waals surface area contributed by atoms with Crippen LogP contribution in [0.25, 0.3) is 10.7 Å². The molecular weight excluding hydrogens is 440 g/mol. The lowest BCUT2D eigenvalue weighted by Crippen LogP contribution is -2.44. The molecule has 1 amide bonds. The molecule has 0 spiro atoms. The average molecular weight is 469 g/mol. The van der Waals surface area contributed by atoms with Crippen molar-refractivity contribution in [1.82, 2.24) is 19.8 Å². The van der Waals surface area contributed by atoms with Crippen molar-refractivity contribution in [2.24, 2.45) is 5.92 Å². The molecule has 2 aliphatic rings. The van der Waals surface area contributed by atoms with Gasteiger partial charge in [0.25, 0.3) is 0 Å². The van der Waals surface area contributed by atoms with E-state index >= 15 is 0 Å². The van der Waals surface area contributed by atoms with E-state index in [1.54, 1.807) is 13.0 Å². The summed E-state index contributed by atoms with van der Waals surface area (Å²) in [7, 11) is -3.65. The van der Waals surface area contributed by atoms with Crippen LogP contribution in [0, 0.1) is 12.8 Å². The van der Waals surface area contributed by atoms with Gasteiger partial charge in [-0.15, -0.1) is 11.3 Å². The van der Waals surface area contributed by atoms with E-state index in [0.29, 0.717) is 60.4 Å². The molecule has 0 radical (unpaired) electrons. The van der Waals surface area contributed by atoms with Crippen molar-refractivity contribution in [2.45, 2.75) is 57.0 Å². The highest BCUT2D eigenvalue weighted by Crippen LogP contribution is 2.35. The third-order valence-corrected chi connectivity index (χ3v) is 9.03. The van der Waals surface area contributed by atoms with Crippen LogP contribution >= 0.6 is 11.3 Å². The standard InChI is InChI=1S/C20H28N4O5S2/c1-3-18-22-19(23-29-18)16-11-17(13(2)30-16)31(26,27)24-8-6-14(7-9-24)20(25)21-12-15-5-4-10-28-15/h11,14-15H,3-10,12H2,1-2H3,(H,21,25)/t15-/m1/s1. The molecule has 2 fully saturated rings. The molecule has 2 aliphatic heterocycles. The van der Waals surface area contributed by atoms with Crippen LogP contribution in [0.1, 0.15) is 43.4 Å². The zero-order chi connectivity index (χ0) is 22.0. The number of nitrogens with one attached hydrogen (secondary N) is 1. The Bertz CT molecular complexity index is 1020. The molecule has 4 rings (SSSR count). The van der Waals surface area contributed by atoms with Gasteiger partial charge in [-0.05, 0) is 38.7 Å². The quantitative estimate of drug-likeness (QED) is 0.663. The number of carbonyl (C=O) groups is 1. The number of ether oxygens (including phenoxy) is 1. The van der Waals surface area contributed by atoms with E-state index in [-0.39, 0.29) is 22.8 Å². The normalized spacial score (nSPS) is 20.9. The molecule has 1 atom stereocenters. The van der Waals surface area contributed by atoms with E-state index in [9.17, 15) is 13.2 Å². The molecule has 170 valence electrons. The minimum atomic E-state index is -3.65. The fourth-order valence-electron chi connectivity index (χ4n) is 3.99. The predicted octanol–water partition coefficient (Wildman–Crippen LogP) is 2.36. The third kappa shape index (κ3) is 4.84. The Morgan fingerprint density at radius 3 is 2.74 bits per heavy atom. The van der Waals surface area contributed by atoms with E-state index in [2.05, 4.69) is 15.5 Å². The topological polar surface area (TPSA) is 115 Å². The fourth-order valence-corrected chi connectivity index (χ4v) is 6.95. The second-order valence-corrected chi connectivity index (χ2v) is 11.1. The Hall–Kier alpha value is -1.82. The number of nitrogens with zero attached hydrogens (tertiary/aromatic N) is 3. The molecule has 9 nitrogen and oxygen atoms in total. The summed E-state index contributed by atoms with van der Waals surface area (Å²) in [5, 5.41) is 6.91. The van der Waals surface area contributed by atoms with Crippen LogP contribution in [0.2, 0.25) is 0 Å². The highest BCUT2D eigenvalue weighted by molar-refractivity contribution is 7.89. The van der Waals surface area contributed by atoms with Gasteiger partial charge < -0.3 is 14.6 Å². The molecule has 0 unspecified atom stereocenters. The Labute approximate surface area is 186 Å². The summed E-state index contributed by atoms with van der Waals surface area (Å²) >= 11 is 1.34. The molecule has 2 aromatic heterocycles. The number of hydrogen-bond acceptors (Lipinski definition) is 8. The molecule has 11 heteroatoms. The molecule has 0 aliphatic carbocycles. The highest BCUT2D eigenvalue weighted by Gasteiger charge is 2.34. The molecule has 0 bridgehead atoms. The maximum absolute atomic E-state index is 13.2. The van der Waals surface area contributed by atoms with Gasteiger partial charge in [-0.3, -0.25) is 4.79 Å². The molecular formula is C20H28N4O5S2. The van der Waals surface area contributed by atoms with Gasteiger partial charge in [0, 0.05) is 43.5 Å². The minimum Gasteiger partial charge on any atom is -0.376 e. The lowest BCUT2D eigenvalue weighted by Gasteiger charge is -2.30. The molecule has 0 aromatic carbocycles. The number of thiophene rings is 1. The lowest BCUT2D eigenvalue weighted by molar-refractivity contribution is -0.126. The number of hydrogen-bond donors (Lipinski definition) is 1. The number of carbonyl (C=O) groups excluding carboxylic acids is 1. The smallest absolute Gasteiger partial charge is 0.244 e. The van der Waals surface area contributed by atoms with Crippen LogP contribution in [0.4, 0.5) is 0 Å². The predicted molar refractivity (Wildman–Crippen MR) is 115 cm³/mol. The van der Waals surface area contributed by atoms with Crippen LogP contribution in [0.3, 0.4) is 0 Å². The van der Waals surface area contributed by atoms with Gasteiger partial charge in [-0.1, -0.05) is 12.1 Å². The summed E-state index contributed by atoms with van der Waals surface area (Å²) in [4.78, 5) is 18.4. The zero-order valence-corrected chi connectivity index (χ0v) is 19.4. The molecule has 2 aromatic rings. The van der Waals surface area contributed by atoms with Gasteiger partial charge in [-0.25, -0.2) is 8.42 Å². The first-order valence-electron chi connectivity index (χ1n) is 10.7. The summed E-state index contributed by atoms with van der Waals surface area (Å²) in [5.41, 5.74) is 0. The van der Waals surface area contributed by atoms with Gasteiger partial charge >= 0.3 is 0 Å². The minimum absolute atomic E-state index is 0.00890. The highest BCUT2D eigenvalue weighted by atomic mass is 32.2. The second-order valence-electron chi connectivity index (χ2n) is 7.95. The molecule has 1 N–H and O–H groups in total. The van der Waals surface area contributed by atoms with Crippen molar-refractivity contribution in [2.75, 3.05) is 26.2 Å². The summed E-state index contributed by atoms with van der Waals surface area (Å²) in [5.74, 6) is 0.752. The number of sulfonamides is 1. The molecule has 0 saturated carbocycles. The van der Waals surface area contributed by atoms with Crippen LogP contribution in [-0.2, 0) is 26.0 Å². The SMILES string of the molecule is CCc1nc(-c2cc(S(=O)(=O)N3CCC(C(=O)NC[C@H]4CCCO4)CC3)c(C)s2)no1. The first kappa shape index (κ1) is 22.4. The van der Waals surface area contributed by atoms with Crippen LogP contribution in [0.15, 0.2) is 15.5 Å². The van der Waals surface area contributed by atoms with Crippen molar-refractivity contribution >= 4 is 27.3 Å². The van der Waals surface area contributed by atoms with E-state index in [1.165, 1.54) is 15.6 Å². The second kappa shape index (κ2) is 9.35. The number of amides is 1.